The average Bonchev–Trinajstić information content (AvgIpc) is 2.95. The molecule has 0 radical (unpaired) electrons. The minimum Gasteiger partial charge on any atom is -0.493 e. The van der Waals surface area contributed by atoms with Crippen LogP contribution in [-0.4, -0.2) is 27.5 Å². The summed E-state index contributed by atoms with van der Waals surface area (Å²) in [5, 5.41) is 16.5. The maximum Gasteiger partial charge on any atom is 0.356 e. The van der Waals surface area contributed by atoms with Crippen LogP contribution in [0.3, 0.4) is 0 Å². The lowest BCUT2D eigenvalue weighted by Crippen LogP contribution is -2.11. The van der Waals surface area contributed by atoms with E-state index in [2.05, 4.69) is 24.3 Å². The van der Waals surface area contributed by atoms with Gasteiger partial charge in [0.05, 0.1) is 18.5 Å². The van der Waals surface area contributed by atoms with E-state index in [-0.39, 0.29) is 5.69 Å². The standard InChI is InChI=1S/C17H23N3O3/c1-4-20-16(17(21)22)15(10-19-20)18-9-13-5-7-14(8-6-13)23-11-12(2)3/h5-8,10,12,18H,4,9,11H2,1-3H3,(H,21,22). The van der Waals surface area contributed by atoms with Crippen LogP contribution in [0.25, 0.3) is 0 Å². The SMILES string of the molecule is CCn1ncc(NCc2ccc(OCC(C)C)cc2)c1C(=O)O. The molecule has 2 aromatic rings. The Morgan fingerprint density at radius 1 is 1.35 bits per heavy atom. The third-order valence-electron chi connectivity index (χ3n) is 3.33. The normalized spacial score (nSPS) is 10.8. The van der Waals surface area contributed by atoms with Gasteiger partial charge in [0, 0.05) is 13.1 Å². The molecule has 23 heavy (non-hydrogen) atoms. The molecule has 0 aliphatic carbocycles. The molecule has 124 valence electrons. The fraction of sp³-hybridized carbons (Fsp3) is 0.412. The van der Waals surface area contributed by atoms with Crippen molar-refractivity contribution in [1.82, 2.24) is 9.78 Å². The smallest absolute Gasteiger partial charge is 0.356 e. The molecule has 0 saturated carbocycles. The molecule has 1 aromatic carbocycles. The highest BCUT2D eigenvalue weighted by molar-refractivity contribution is 5.92. The minimum atomic E-state index is -0.982. The molecule has 2 rings (SSSR count). The van der Waals surface area contributed by atoms with E-state index in [1.165, 1.54) is 4.68 Å². The lowest BCUT2D eigenvalue weighted by Gasteiger charge is -2.10. The summed E-state index contributed by atoms with van der Waals surface area (Å²) >= 11 is 0. The molecule has 0 fully saturated rings. The van der Waals surface area contributed by atoms with Crippen LogP contribution in [0.5, 0.6) is 5.75 Å². The van der Waals surface area contributed by atoms with Crippen LogP contribution >= 0.6 is 0 Å². The van der Waals surface area contributed by atoms with Crippen LogP contribution in [0.4, 0.5) is 5.69 Å². The number of benzene rings is 1. The van der Waals surface area contributed by atoms with Crippen molar-refractivity contribution in [3.8, 4) is 5.75 Å². The number of ether oxygens (including phenoxy) is 1. The summed E-state index contributed by atoms with van der Waals surface area (Å²) in [5.74, 6) is 0.345. The summed E-state index contributed by atoms with van der Waals surface area (Å²) in [6.45, 7) is 7.81. The number of hydrogen-bond acceptors (Lipinski definition) is 4. The first-order chi connectivity index (χ1) is 11.0. The number of carbonyl (C=O) groups is 1. The maximum absolute atomic E-state index is 11.3. The molecular formula is C17H23N3O3. The zero-order valence-electron chi connectivity index (χ0n) is 13.7. The molecule has 0 aliphatic rings. The number of nitrogens with zero attached hydrogens (tertiary/aromatic N) is 2. The monoisotopic (exact) mass is 317 g/mol. The van der Waals surface area contributed by atoms with Gasteiger partial charge in [0.1, 0.15) is 5.75 Å². The molecule has 0 aliphatic heterocycles. The van der Waals surface area contributed by atoms with Gasteiger partial charge in [-0.2, -0.15) is 5.10 Å². The largest absolute Gasteiger partial charge is 0.493 e. The Morgan fingerprint density at radius 3 is 2.61 bits per heavy atom. The number of hydrogen-bond donors (Lipinski definition) is 2. The zero-order chi connectivity index (χ0) is 16.8. The summed E-state index contributed by atoms with van der Waals surface area (Å²) < 4.78 is 7.11. The third-order valence-corrected chi connectivity index (χ3v) is 3.33. The number of carboxylic acid groups (broad SMARTS) is 1. The first kappa shape index (κ1) is 16.9. The summed E-state index contributed by atoms with van der Waals surface area (Å²) in [7, 11) is 0. The molecule has 0 atom stereocenters. The number of nitrogens with one attached hydrogen (secondary N) is 1. The molecule has 0 saturated heterocycles. The van der Waals surface area contributed by atoms with Crippen LogP contribution in [-0.2, 0) is 13.1 Å². The van der Waals surface area contributed by atoms with Crippen molar-refractivity contribution in [2.24, 2.45) is 5.92 Å². The molecular weight excluding hydrogens is 294 g/mol. The van der Waals surface area contributed by atoms with E-state index in [1.807, 2.05) is 31.2 Å². The van der Waals surface area contributed by atoms with Gasteiger partial charge >= 0.3 is 5.97 Å². The Kier molecular flexibility index (Phi) is 5.62. The molecule has 0 amide bonds. The van der Waals surface area contributed by atoms with Gasteiger partial charge in [-0.3, -0.25) is 4.68 Å². The Morgan fingerprint density at radius 2 is 2.04 bits per heavy atom. The van der Waals surface area contributed by atoms with Gasteiger partial charge in [-0.15, -0.1) is 0 Å². The van der Waals surface area contributed by atoms with E-state index in [9.17, 15) is 9.90 Å². The van der Waals surface area contributed by atoms with Crippen molar-refractivity contribution in [1.29, 1.82) is 0 Å². The fourth-order valence-electron chi connectivity index (χ4n) is 2.14. The Bertz CT molecular complexity index is 648. The van der Waals surface area contributed by atoms with E-state index >= 15 is 0 Å². The summed E-state index contributed by atoms with van der Waals surface area (Å²) in [4.78, 5) is 11.3. The number of aromatic nitrogens is 2. The predicted octanol–water partition coefficient (Wildman–Crippen LogP) is 3.25. The second kappa shape index (κ2) is 7.67. The number of aryl methyl sites for hydroxylation is 1. The van der Waals surface area contributed by atoms with Crippen molar-refractivity contribution in [3.05, 3.63) is 41.7 Å². The van der Waals surface area contributed by atoms with Crippen molar-refractivity contribution < 1.29 is 14.6 Å². The summed E-state index contributed by atoms with van der Waals surface area (Å²) in [6.07, 6.45) is 1.55. The van der Waals surface area contributed by atoms with Gasteiger partial charge < -0.3 is 15.2 Å². The van der Waals surface area contributed by atoms with Gasteiger partial charge in [-0.05, 0) is 30.5 Å². The lowest BCUT2D eigenvalue weighted by atomic mass is 10.2. The van der Waals surface area contributed by atoms with Crippen LogP contribution in [0, 0.1) is 5.92 Å². The molecule has 1 aromatic heterocycles. The molecule has 6 heteroatoms. The zero-order valence-corrected chi connectivity index (χ0v) is 13.7. The predicted molar refractivity (Wildman–Crippen MR) is 89.0 cm³/mol. The molecule has 0 unspecified atom stereocenters. The molecule has 6 nitrogen and oxygen atoms in total. The fourth-order valence-corrected chi connectivity index (χ4v) is 2.14. The summed E-state index contributed by atoms with van der Waals surface area (Å²) in [6, 6.07) is 7.78. The van der Waals surface area contributed by atoms with E-state index in [1.54, 1.807) is 6.20 Å². The van der Waals surface area contributed by atoms with E-state index in [4.69, 9.17) is 4.74 Å². The number of rotatable bonds is 8. The Labute approximate surface area is 136 Å². The number of carboxylic acids is 1. The third kappa shape index (κ3) is 4.48. The second-order valence-corrected chi connectivity index (χ2v) is 5.73. The van der Waals surface area contributed by atoms with Crippen LogP contribution in [0.1, 0.15) is 36.8 Å². The van der Waals surface area contributed by atoms with Crippen molar-refractivity contribution in [3.63, 3.8) is 0 Å². The van der Waals surface area contributed by atoms with Gasteiger partial charge in [0.2, 0.25) is 0 Å². The van der Waals surface area contributed by atoms with Crippen LogP contribution < -0.4 is 10.1 Å². The van der Waals surface area contributed by atoms with Gasteiger partial charge in [-0.25, -0.2) is 4.79 Å². The Balaban J connectivity index is 1.98. The van der Waals surface area contributed by atoms with Gasteiger partial charge in [0.15, 0.2) is 5.69 Å². The molecule has 1 heterocycles. The first-order valence-electron chi connectivity index (χ1n) is 7.76. The van der Waals surface area contributed by atoms with Gasteiger partial charge in [-0.1, -0.05) is 26.0 Å². The number of aromatic carboxylic acids is 1. The first-order valence-corrected chi connectivity index (χ1v) is 7.76. The van der Waals surface area contributed by atoms with Crippen molar-refractivity contribution in [2.45, 2.75) is 33.9 Å². The Hall–Kier alpha value is -2.50. The number of anilines is 1. The lowest BCUT2D eigenvalue weighted by molar-refractivity contribution is 0.0684. The van der Waals surface area contributed by atoms with Crippen molar-refractivity contribution in [2.75, 3.05) is 11.9 Å². The average molecular weight is 317 g/mol. The maximum atomic E-state index is 11.3. The molecule has 0 spiro atoms. The van der Waals surface area contributed by atoms with Crippen molar-refractivity contribution >= 4 is 11.7 Å². The minimum absolute atomic E-state index is 0.185. The van der Waals surface area contributed by atoms with E-state index in [0.29, 0.717) is 31.3 Å². The van der Waals surface area contributed by atoms with Crippen LogP contribution in [0.15, 0.2) is 30.5 Å². The topological polar surface area (TPSA) is 76.4 Å². The van der Waals surface area contributed by atoms with E-state index in [0.717, 1.165) is 11.3 Å². The molecule has 0 bridgehead atoms. The van der Waals surface area contributed by atoms with Crippen LogP contribution in [0.2, 0.25) is 0 Å². The highest BCUT2D eigenvalue weighted by Gasteiger charge is 2.16. The second-order valence-electron chi connectivity index (χ2n) is 5.73. The summed E-state index contributed by atoms with van der Waals surface area (Å²) in [5.41, 5.74) is 1.76. The quantitative estimate of drug-likeness (QED) is 0.781. The van der Waals surface area contributed by atoms with Gasteiger partial charge in [0.25, 0.3) is 0 Å². The highest BCUT2D eigenvalue weighted by Crippen LogP contribution is 2.18. The highest BCUT2D eigenvalue weighted by atomic mass is 16.5. The van der Waals surface area contributed by atoms with E-state index < -0.39 is 5.97 Å². The molecule has 2 N–H and O–H groups in total.